The zero-order valence-corrected chi connectivity index (χ0v) is 28.1. The molecule has 0 bridgehead atoms. The van der Waals surface area contributed by atoms with Crippen LogP contribution in [0.3, 0.4) is 0 Å². The summed E-state index contributed by atoms with van der Waals surface area (Å²) in [7, 11) is 5.76. The van der Waals surface area contributed by atoms with Crippen molar-refractivity contribution in [2.75, 3.05) is 34.2 Å². The standard InChI is InChI=1S/C33H46N10O5/c1-20(2)28(32(48)39-19-27(44)40-26(29(35)45)16-21-10-7-6-8-11-21)42-31(47)25(12-9-15-38-33(36)37)41-30(46)24-14-13-23(43(3,4)5)17-22(24)18-34/h6-8,10-11,13-14,17,20,25-26,28H,9,12,15-16,19H2,1-5H3,(H9-,35,36,37,38,39,40,41,42,44,45,46,47,48)/p+1/t25-,26-,28-/m0/s1. The number of hydrogen-bond acceptors (Lipinski definition) is 7. The molecule has 0 aromatic heterocycles. The molecule has 0 unspecified atom stereocenters. The SMILES string of the molecule is CC(C)[C@H](NC(=O)[C@H](CCCN=C(N)N)NC(=O)c1ccc([N+](C)(C)C)cc1C#N)C(=O)NCC(=O)N[C@@H](Cc1ccccc1)C(N)=O. The van der Waals surface area contributed by atoms with Crippen molar-refractivity contribution in [3.05, 3.63) is 65.2 Å². The molecule has 0 saturated carbocycles. The molecule has 5 amide bonds. The van der Waals surface area contributed by atoms with E-state index in [2.05, 4.69) is 26.3 Å². The van der Waals surface area contributed by atoms with Crippen molar-refractivity contribution in [2.45, 2.75) is 51.2 Å². The van der Waals surface area contributed by atoms with Crippen molar-refractivity contribution in [1.29, 1.82) is 5.26 Å². The lowest BCUT2D eigenvalue weighted by atomic mass is 10.0. The first-order chi connectivity index (χ1) is 22.5. The normalized spacial score (nSPS) is 12.9. The molecule has 0 spiro atoms. The predicted octanol–water partition coefficient (Wildman–Crippen LogP) is -0.623. The van der Waals surface area contributed by atoms with Crippen molar-refractivity contribution < 1.29 is 24.0 Å². The average Bonchev–Trinajstić information content (AvgIpc) is 3.02. The van der Waals surface area contributed by atoms with Crippen LogP contribution in [-0.2, 0) is 25.6 Å². The highest BCUT2D eigenvalue weighted by atomic mass is 16.2. The van der Waals surface area contributed by atoms with Gasteiger partial charge in [-0.2, -0.15) is 5.26 Å². The fourth-order valence-corrected chi connectivity index (χ4v) is 4.63. The summed E-state index contributed by atoms with van der Waals surface area (Å²) < 4.78 is 0.423. The van der Waals surface area contributed by atoms with Crippen molar-refractivity contribution in [3.63, 3.8) is 0 Å². The Kier molecular flexibility index (Phi) is 14.5. The molecule has 3 atom stereocenters. The summed E-state index contributed by atoms with van der Waals surface area (Å²) in [5.74, 6) is -3.89. The summed E-state index contributed by atoms with van der Waals surface area (Å²) in [6.07, 6.45) is 0.592. The van der Waals surface area contributed by atoms with Crippen LogP contribution >= 0.6 is 0 Å². The molecule has 2 rings (SSSR count). The fourth-order valence-electron chi connectivity index (χ4n) is 4.63. The first-order valence-electron chi connectivity index (χ1n) is 15.5. The van der Waals surface area contributed by atoms with Gasteiger partial charge in [-0.1, -0.05) is 44.2 Å². The number of nitrogens with zero attached hydrogens (tertiary/aromatic N) is 3. The maximum Gasteiger partial charge on any atom is 0.253 e. The molecule has 2 aromatic carbocycles. The second kappa shape index (κ2) is 18.0. The van der Waals surface area contributed by atoms with Gasteiger partial charge in [0.05, 0.1) is 38.8 Å². The van der Waals surface area contributed by atoms with Crippen LogP contribution in [0, 0.1) is 17.2 Å². The number of amides is 5. The Morgan fingerprint density at radius 3 is 2.12 bits per heavy atom. The van der Waals surface area contributed by atoms with Gasteiger partial charge in [-0.25, -0.2) is 0 Å². The van der Waals surface area contributed by atoms with Crippen molar-refractivity contribution in [1.82, 2.24) is 25.8 Å². The molecular formula is C33H47N10O5+. The molecule has 0 fully saturated rings. The second-order valence-electron chi connectivity index (χ2n) is 12.5. The Morgan fingerprint density at radius 1 is 0.896 bits per heavy atom. The molecule has 2 aromatic rings. The highest BCUT2D eigenvalue weighted by molar-refractivity contribution is 6.00. The summed E-state index contributed by atoms with van der Waals surface area (Å²) in [4.78, 5) is 68.6. The lowest BCUT2D eigenvalue weighted by Gasteiger charge is -2.26. The Balaban J connectivity index is 2.16. The average molecular weight is 664 g/mol. The van der Waals surface area contributed by atoms with E-state index in [9.17, 15) is 29.2 Å². The number of nitriles is 1. The van der Waals surface area contributed by atoms with Gasteiger partial charge in [-0.3, -0.25) is 33.4 Å². The van der Waals surface area contributed by atoms with Crippen LogP contribution in [0.5, 0.6) is 0 Å². The lowest BCUT2D eigenvalue weighted by molar-refractivity contribution is -0.132. The summed E-state index contributed by atoms with van der Waals surface area (Å²) >= 11 is 0. The Labute approximate surface area is 280 Å². The third-order valence-corrected chi connectivity index (χ3v) is 7.34. The zero-order chi connectivity index (χ0) is 36.0. The van der Waals surface area contributed by atoms with Crippen LogP contribution in [-0.4, -0.2) is 87.9 Å². The Morgan fingerprint density at radius 2 is 1.56 bits per heavy atom. The minimum absolute atomic E-state index is 0.0856. The minimum Gasteiger partial charge on any atom is -0.370 e. The van der Waals surface area contributed by atoms with E-state index in [0.717, 1.165) is 11.3 Å². The van der Waals surface area contributed by atoms with Gasteiger partial charge in [-0.15, -0.1) is 0 Å². The summed E-state index contributed by atoms with van der Waals surface area (Å²) in [5, 5.41) is 20.1. The number of hydrogen-bond donors (Lipinski definition) is 7. The number of nitrogens with one attached hydrogen (secondary N) is 4. The van der Waals surface area contributed by atoms with Crippen LogP contribution < -0.4 is 43.0 Å². The smallest absolute Gasteiger partial charge is 0.253 e. The maximum absolute atomic E-state index is 13.5. The molecule has 0 aliphatic rings. The largest absolute Gasteiger partial charge is 0.370 e. The van der Waals surface area contributed by atoms with E-state index in [1.165, 1.54) is 6.07 Å². The molecule has 258 valence electrons. The molecule has 0 radical (unpaired) electrons. The van der Waals surface area contributed by atoms with Crippen LogP contribution in [0.15, 0.2) is 53.5 Å². The number of primary amides is 1. The number of rotatable bonds is 17. The van der Waals surface area contributed by atoms with Crippen molar-refractivity contribution in [2.24, 2.45) is 28.1 Å². The van der Waals surface area contributed by atoms with E-state index in [1.54, 1.807) is 50.2 Å². The molecule has 0 saturated heterocycles. The number of guanidine groups is 1. The summed E-state index contributed by atoms with van der Waals surface area (Å²) in [6, 6.07) is 12.7. The van der Waals surface area contributed by atoms with Crippen LogP contribution in [0.2, 0.25) is 0 Å². The molecule has 15 nitrogen and oxygen atoms in total. The molecule has 0 aliphatic heterocycles. The maximum atomic E-state index is 13.5. The van der Waals surface area contributed by atoms with E-state index in [4.69, 9.17) is 17.2 Å². The summed E-state index contributed by atoms with van der Waals surface area (Å²) in [6.45, 7) is 3.11. The van der Waals surface area contributed by atoms with Crippen molar-refractivity contribution >= 4 is 41.2 Å². The molecule has 0 aliphatic carbocycles. The van der Waals surface area contributed by atoms with Crippen LogP contribution in [0.4, 0.5) is 5.69 Å². The van der Waals surface area contributed by atoms with Gasteiger partial charge in [0.2, 0.25) is 23.6 Å². The number of benzene rings is 2. The van der Waals surface area contributed by atoms with E-state index in [0.29, 0.717) is 10.9 Å². The molecular weight excluding hydrogens is 616 g/mol. The number of carbonyl (C=O) groups is 5. The highest BCUT2D eigenvalue weighted by Gasteiger charge is 2.30. The van der Waals surface area contributed by atoms with E-state index in [-0.39, 0.29) is 36.5 Å². The van der Waals surface area contributed by atoms with Gasteiger partial charge in [0.1, 0.15) is 29.9 Å². The molecule has 48 heavy (non-hydrogen) atoms. The first-order valence-corrected chi connectivity index (χ1v) is 15.5. The van der Waals surface area contributed by atoms with Gasteiger partial charge in [0, 0.05) is 19.0 Å². The van der Waals surface area contributed by atoms with Gasteiger partial charge in [0.15, 0.2) is 5.96 Å². The molecule has 10 N–H and O–H groups in total. The van der Waals surface area contributed by atoms with E-state index >= 15 is 0 Å². The predicted molar refractivity (Wildman–Crippen MR) is 183 cm³/mol. The summed E-state index contributed by atoms with van der Waals surface area (Å²) in [5.41, 5.74) is 18.1. The fraction of sp³-hybridized carbons (Fsp3) is 0.424. The van der Waals surface area contributed by atoms with Gasteiger partial charge in [-0.05, 0) is 36.5 Å². The van der Waals surface area contributed by atoms with Crippen molar-refractivity contribution in [3.8, 4) is 6.07 Å². The number of carbonyl (C=O) groups excluding carboxylic acids is 5. The zero-order valence-electron chi connectivity index (χ0n) is 28.1. The Bertz CT molecular complexity index is 1530. The van der Waals surface area contributed by atoms with Crippen LogP contribution in [0.1, 0.15) is 48.2 Å². The van der Waals surface area contributed by atoms with E-state index < -0.39 is 60.1 Å². The number of quaternary nitrogens is 1. The third-order valence-electron chi connectivity index (χ3n) is 7.34. The van der Waals surface area contributed by atoms with Crippen LogP contribution in [0.25, 0.3) is 0 Å². The molecule has 15 heteroatoms. The van der Waals surface area contributed by atoms with Gasteiger partial charge in [0.25, 0.3) is 5.91 Å². The highest BCUT2D eigenvalue weighted by Crippen LogP contribution is 2.21. The second-order valence-corrected chi connectivity index (χ2v) is 12.5. The minimum atomic E-state index is -1.12. The molecule has 0 heterocycles. The lowest BCUT2D eigenvalue weighted by Crippen LogP contribution is -2.56. The van der Waals surface area contributed by atoms with E-state index in [1.807, 2.05) is 33.3 Å². The Hall–Kier alpha value is -5.49. The first kappa shape index (κ1) is 38.7. The quantitative estimate of drug-likeness (QED) is 0.0496. The van der Waals surface area contributed by atoms with Gasteiger partial charge >= 0.3 is 0 Å². The number of nitrogens with two attached hydrogens (primary N) is 3. The topological polar surface area (TPSA) is 248 Å². The third kappa shape index (κ3) is 12.4. The monoisotopic (exact) mass is 663 g/mol. The number of aliphatic imine (C=N–C) groups is 1. The van der Waals surface area contributed by atoms with Gasteiger partial charge < -0.3 is 38.5 Å².